The molecule has 0 saturated carbocycles. The van der Waals surface area contributed by atoms with Gasteiger partial charge in [-0.25, -0.2) is 14.6 Å². The molecule has 2 aliphatic heterocycles. The first-order valence-electron chi connectivity index (χ1n) is 10.1. The van der Waals surface area contributed by atoms with Gasteiger partial charge in [-0.05, 0) is 20.8 Å². The topological polar surface area (TPSA) is 182 Å². The maximum atomic E-state index is 13.7. The molecule has 2 fully saturated rings. The molecule has 2 saturated heterocycles. The van der Waals surface area contributed by atoms with Gasteiger partial charge in [0.15, 0.2) is 30.0 Å². The number of nitrogens with zero attached hydrogens (tertiary/aromatic N) is 4. The molecule has 33 heavy (non-hydrogen) atoms. The Kier molecular flexibility index (Phi) is 6.64. The van der Waals surface area contributed by atoms with Crippen LogP contribution in [0.25, 0.3) is 11.2 Å². The van der Waals surface area contributed by atoms with E-state index in [0.29, 0.717) is 0 Å². The van der Waals surface area contributed by atoms with E-state index < -0.39 is 57.2 Å². The molecule has 5 unspecified atom stereocenters. The van der Waals surface area contributed by atoms with E-state index in [1.54, 1.807) is 13.8 Å². The van der Waals surface area contributed by atoms with Gasteiger partial charge in [0.25, 0.3) is 0 Å². The fourth-order valence-corrected chi connectivity index (χ4v) is 4.82. The van der Waals surface area contributed by atoms with Crippen molar-refractivity contribution in [3.63, 3.8) is 0 Å². The molecule has 0 spiro atoms. The maximum Gasteiger partial charge on any atom is 0.408 e. The van der Waals surface area contributed by atoms with Crippen molar-refractivity contribution in [3.8, 4) is 0 Å². The monoisotopic (exact) mass is 490 g/mol. The van der Waals surface area contributed by atoms with Gasteiger partial charge in [0, 0.05) is 0 Å². The zero-order chi connectivity index (χ0) is 23.9. The van der Waals surface area contributed by atoms with E-state index in [1.165, 1.54) is 17.8 Å². The molecule has 4 rings (SSSR count). The van der Waals surface area contributed by atoms with Crippen molar-refractivity contribution in [1.82, 2.24) is 24.6 Å². The predicted octanol–water partition coefficient (Wildman–Crippen LogP) is 0.233. The lowest BCUT2D eigenvalue weighted by Crippen LogP contribution is -2.41. The molecule has 0 aromatic carbocycles. The number of rotatable bonds is 5. The van der Waals surface area contributed by atoms with Crippen LogP contribution in [-0.2, 0) is 32.6 Å². The lowest BCUT2D eigenvalue weighted by molar-refractivity contribution is -0.149. The number of anilines is 1. The summed E-state index contributed by atoms with van der Waals surface area (Å²) >= 11 is 0. The fourth-order valence-electron chi connectivity index (χ4n) is 3.47. The summed E-state index contributed by atoms with van der Waals surface area (Å²) in [4.78, 5) is 23.2. The molecule has 2 aliphatic rings. The van der Waals surface area contributed by atoms with Crippen molar-refractivity contribution in [1.29, 1.82) is 0 Å². The van der Waals surface area contributed by atoms with Gasteiger partial charge in [0.2, 0.25) is 0 Å². The highest BCUT2D eigenvalue weighted by molar-refractivity contribution is 7.51. The molecular formula is C17H24FN6O8P. The first kappa shape index (κ1) is 23.9. The van der Waals surface area contributed by atoms with Crippen molar-refractivity contribution in [2.24, 2.45) is 0 Å². The first-order valence-corrected chi connectivity index (χ1v) is 11.6. The van der Waals surface area contributed by atoms with Crippen molar-refractivity contribution in [3.05, 3.63) is 12.4 Å². The average molecular weight is 490 g/mol. The minimum absolute atomic E-state index is 0.0142. The minimum Gasteiger partial charge on any atom is -0.462 e. The van der Waals surface area contributed by atoms with Crippen LogP contribution < -0.4 is 10.8 Å². The number of esters is 1. The van der Waals surface area contributed by atoms with Crippen LogP contribution in [0.3, 0.4) is 0 Å². The Labute approximate surface area is 187 Å². The van der Waals surface area contributed by atoms with E-state index >= 15 is 0 Å². The Balaban J connectivity index is 1.49. The number of aliphatic hydroxyl groups excluding tert-OH is 1. The van der Waals surface area contributed by atoms with Crippen LogP contribution in [0.1, 0.15) is 27.0 Å². The SMILES string of the molecule is CC(C)OC(=O)[C@H](C)NP1(=O)OCOC2C(CO1)OC(n1cnc3c(N)nc(F)nc31)C2O. The van der Waals surface area contributed by atoms with Crippen LogP contribution in [0.2, 0.25) is 0 Å². The standard InChI is InChI=1S/C17H24FN6O8P/c1-7(2)31-16(26)8(3)23-33(27)29-4-9-12(28-6-30-33)11(25)15(32-9)24-5-20-10-13(19)21-17(18)22-14(10)24/h5,7-9,11-12,15,25H,4,6H2,1-3H3,(H,23,27)(H2,19,21,22)/t8-,9?,11?,12?,15?,33?/m0/s1. The lowest BCUT2D eigenvalue weighted by Gasteiger charge is -2.29. The third-order valence-corrected chi connectivity index (χ3v) is 6.59. The Morgan fingerprint density at radius 2 is 2.15 bits per heavy atom. The smallest absolute Gasteiger partial charge is 0.408 e. The third kappa shape index (κ3) is 4.84. The number of aromatic nitrogens is 4. The molecule has 14 nitrogen and oxygen atoms in total. The van der Waals surface area contributed by atoms with Crippen LogP contribution in [0.15, 0.2) is 6.33 Å². The number of nitrogens with one attached hydrogen (secondary N) is 1. The van der Waals surface area contributed by atoms with Crippen LogP contribution in [0.5, 0.6) is 0 Å². The second-order valence-corrected chi connectivity index (χ2v) is 9.54. The van der Waals surface area contributed by atoms with E-state index in [-0.39, 0.29) is 29.7 Å². The number of hydrogen-bond acceptors (Lipinski definition) is 12. The van der Waals surface area contributed by atoms with Crippen molar-refractivity contribution in [2.45, 2.75) is 57.5 Å². The van der Waals surface area contributed by atoms with Gasteiger partial charge in [0.1, 0.15) is 24.4 Å². The van der Waals surface area contributed by atoms with Gasteiger partial charge in [-0.2, -0.15) is 14.4 Å². The number of ether oxygens (including phenoxy) is 3. The van der Waals surface area contributed by atoms with Crippen LogP contribution in [-0.4, -0.2) is 74.5 Å². The zero-order valence-electron chi connectivity index (χ0n) is 18.0. The normalized spacial score (nSPS) is 31.2. The summed E-state index contributed by atoms with van der Waals surface area (Å²) in [6.45, 7) is 3.97. The highest BCUT2D eigenvalue weighted by Gasteiger charge is 2.49. The van der Waals surface area contributed by atoms with E-state index in [4.69, 9.17) is 29.0 Å². The van der Waals surface area contributed by atoms with E-state index in [2.05, 4.69) is 20.0 Å². The quantitative estimate of drug-likeness (QED) is 0.294. The van der Waals surface area contributed by atoms with Gasteiger partial charge in [0.05, 0.1) is 19.0 Å². The molecule has 2 aromatic rings. The molecule has 182 valence electrons. The van der Waals surface area contributed by atoms with Gasteiger partial charge in [-0.15, -0.1) is 0 Å². The number of carbonyl (C=O) groups excluding carboxylic acids is 1. The summed E-state index contributed by atoms with van der Waals surface area (Å²) in [5, 5.41) is 13.3. The van der Waals surface area contributed by atoms with Crippen molar-refractivity contribution < 1.29 is 42.1 Å². The summed E-state index contributed by atoms with van der Waals surface area (Å²) < 4.78 is 55.0. The van der Waals surface area contributed by atoms with Gasteiger partial charge >= 0.3 is 19.8 Å². The molecule has 6 atom stereocenters. The molecule has 0 aliphatic carbocycles. The summed E-state index contributed by atoms with van der Waals surface area (Å²) in [7, 11) is -3.98. The van der Waals surface area contributed by atoms with Crippen molar-refractivity contribution in [2.75, 3.05) is 19.1 Å². The highest BCUT2D eigenvalue weighted by atomic mass is 31.2. The summed E-state index contributed by atoms with van der Waals surface area (Å²) in [6, 6.07) is -0.992. The molecule has 0 bridgehead atoms. The number of aliphatic hydroxyl groups is 1. The maximum absolute atomic E-state index is 13.7. The molecule has 0 radical (unpaired) electrons. The summed E-state index contributed by atoms with van der Waals surface area (Å²) in [5.41, 5.74) is 5.82. The molecule has 4 heterocycles. The van der Waals surface area contributed by atoms with Gasteiger partial charge < -0.3 is 25.1 Å². The fraction of sp³-hybridized carbons (Fsp3) is 0.647. The second-order valence-electron chi connectivity index (χ2n) is 7.77. The molecule has 2 aromatic heterocycles. The Morgan fingerprint density at radius 3 is 2.88 bits per heavy atom. The average Bonchev–Trinajstić information content (AvgIpc) is 3.26. The van der Waals surface area contributed by atoms with Crippen LogP contribution >= 0.6 is 7.75 Å². The minimum atomic E-state index is -3.98. The van der Waals surface area contributed by atoms with E-state index in [1.807, 2.05) is 0 Å². The molecular weight excluding hydrogens is 466 g/mol. The van der Waals surface area contributed by atoms with Gasteiger partial charge in [-0.3, -0.25) is 18.4 Å². The predicted molar refractivity (Wildman–Crippen MR) is 108 cm³/mol. The largest absolute Gasteiger partial charge is 0.462 e. The number of fused-ring (bicyclic) bond motifs is 2. The molecule has 0 amide bonds. The Bertz CT molecular complexity index is 1090. The third-order valence-electron chi connectivity index (χ3n) is 4.95. The molecule has 4 N–H and O–H groups in total. The van der Waals surface area contributed by atoms with Crippen LogP contribution in [0.4, 0.5) is 10.2 Å². The second kappa shape index (κ2) is 9.18. The summed E-state index contributed by atoms with van der Waals surface area (Å²) in [5.74, 6) is -0.804. The number of nitrogens with two attached hydrogens (primary N) is 1. The lowest BCUT2D eigenvalue weighted by atomic mass is 10.1. The number of nitrogen functional groups attached to an aromatic ring is 1. The number of hydrogen-bond donors (Lipinski definition) is 3. The Hall–Kier alpha value is -2.26. The van der Waals surface area contributed by atoms with E-state index in [0.717, 1.165) is 0 Å². The van der Waals surface area contributed by atoms with Crippen molar-refractivity contribution >= 4 is 30.7 Å². The number of imidazole rings is 1. The van der Waals surface area contributed by atoms with Gasteiger partial charge in [-0.1, -0.05) is 0 Å². The highest BCUT2D eigenvalue weighted by Crippen LogP contribution is 2.47. The summed E-state index contributed by atoms with van der Waals surface area (Å²) in [6.07, 6.45) is -4.32. The Morgan fingerprint density at radius 1 is 1.39 bits per heavy atom. The van der Waals surface area contributed by atoms with E-state index in [9.17, 15) is 18.9 Å². The first-order chi connectivity index (χ1) is 15.6. The molecule has 16 heteroatoms. The van der Waals surface area contributed by atoms with Crippen LogP contribution in [0, 0.1) is 6.08 Å². The number of halogens is 1. The number of carbonyl (C=O) groups is 1. The zero-order valence-corrected chi connectivity index (χ0v) is 18.8.